The lowest BCUT2D eigenvalue weighted by molar-refractivity contribution is -0.767. The molecule has 1 aliphatic rings. The maximum absolute atomic E-state index is 13.5. The third-order valence-electron chi connectivity index (χ3n) is 3.87. The average molecular weight is 484 g/mol. The zero-order valence-electron chi connectivity index (χ0n) is 16.8. The number of aryl methyl sites for hydroxylation is 1. The first-order valence-corrected chi connectivity index (χ1v) is 9.26. The minimum atomic E-state index is -4.95. The van der Waals surface area contributed by atoms with Gasteiger partial charge in [-0.05, 0) is 37.6 Å². The average Bonchev–Trinajstić information content (AvgIpc) is 2.63. The van der Waals surface area contributed by atoms with Crippen LogP contribution >= 0.6 is 11.6 Å². The largest absolute Gasteiger partial charge is 0.511 e. The van der Waals surface area contributed by atoms with Crippen molar-refractivity contribution in [3.8, 4) is 5.75 Å². The lowest BCUT2D eigenvalue weighted by Gasteiger charge is -2.29. The number of hydrogen-bond donors (Lipinski definition) is 0. The molecular weight excluding hydrogens is 467 g/mol. The van der Waals surface area contributed by atoms with Crippen molar-refractivity contribution in [2.75, 3.05) is 6.61 Å². The van der Waals surface area contributed by atoms with Crippen LogP contribution in [-0.2, 0) is 23.8 Å². The summed E-state index contributed by atoms with van der Waals surface area (Å²) in [4.78, 5) is 38.2. The molecule has 1 aliphatic heterocycles. The standard InChI is InChI=1S/C18H17ClF3NO9/c1-8-4-12(19)5-11-6-13(15(18(20,21)22)31-14(8)11)16(24)29-10(3)30-17(25)28-7-9(2)32-23(26)27/h4-6,9-10,15H,7H2,1-3H3/t9?,10?,15-/m0/s1. The van der Waals surface area contributed by atoms with E-state index in [-0.39, 0.29) is 16.3 Å². The van der Waals surface area contributed by atoms with E-state index in [0.717, 1.165) is 13.0 Å². The molecule has 0 saturated heterocycles. The zero-order chi connectivity index (χ0) is 24.2. The molecule has 1 aromatic carbocycles. The summed E-state index contributed by atoms with van der Waals surface area (Å²) in [7, 11) is 0. The molecule has 0 aliphatic carbocycles. The highest BCUT2D eigenvalue weighted by Crippen LogP contribution is 2.40. The van der Waals surface area contributed by atoms with Crippen molar-refractivity contribution < 1.29 is 51.6 Å². The van der Waals surface area contributed by atoms with Gasteiger partial charge in [0.05, 0.1) is 5.57 Å². The number of rotatable bonds is 7. The lowest BCUT2D eigenvalue weighted by Crippen LogP contribution is -2.41. The second-order valence-electron chi connectivity index (χ2n) is 6.57. The molecule has 0 aromatic heterocycles. The summed E-state index contributed by atoms with van der Waals surface area (Å²) in [5, 5.41) is 9.29. The quantitative estimate of drug-likeness (QED) is 0.245. The van der Waals surface area contributed by atoms with E-state index in [1.807, 2.05) is 0 Å². The molecule has 14 heteroatoms. The normalized spacial score (nSPS) is 17.1. The summed E-state index contributed by atoms with van der Waals surface area (Å²) in [6.07, 6.45) is -10.8. The van der Waals surface area contributed by atoms with Crippen LogP contribution in [0.4, 0.5) is 18.0 Å². The first kappa shape index (κ1) is 25.0. The van der Waals surface area contributed by atoms with E-state index < -0.39 is 54.1 Å². The summed E-state index contributed by atoms with van der Waals surface area (Å²) < 4.78 is 59.4. The third kappa shape index (κ3) is 6.64. The number of nitrogens with zero attached hydrogens (tertiary/aromatic N) is 1. The van der Waals surface area contributed by atoms with E-state index in [2.05, 4.69) is 14.3 Å². The first-order valence-electron chi connectivity index (χ1n) is 8.88. The van der Waals surface area contributed by atoms with Gasteiger partial charge in [0.2, 0.25) is 12.4 Å². The molecule has 176 valence electrons. The smallest absolute Gasteiger partial charge is 0.475 e. The zero-order valence-corrected chi connectivity index (χ0v) is 17.6. The third-order valence-corrected chi connectivity index (χ3v) is 4.09. The Bertz CT molecular complexity index is 935. The molecule has 0 saturated carbocycles. The number of carbonyl (C=O) groups excluding carboxylic acids is 2. The van der Waals surface area contributed by atoms with Crippen molar-refractivity contribution in [3.05, 3.63) is 44.0 Å². The van der Waals surface area contributed by atoms with Crippen LogP contribution in [0.5, 0.6) is 5.75 Å². The van der Waals surface area contributed by atoms with Gasteiger partial charge >= 0.3 is 18.3 Å². The van der Waals surface area contributed by atoms with Gasteiger partial charge in [-0.15, -0.1) is 10.1 Å². The van der Waals surface area contributed by atoms with Crippen LogP contribution < -0.4 is 4.74 Å². The molecule has 32 heavy (non-hydrogen) atoms. The number of ether oxygens (including phenoxy) is 4. The van der Waals surface area contributed by atoms with Gasteiger partial charge in [-0.3, -0.25) is 0 Å². The Morgan fingerprint density at radius 2 is 1.94 bits per heavy atom. The molecule has 0 radical (unpaired) electrons. The molecule has 0 amide bonds. The summed E-state index contributed by atoms with van der Waals surface area (Å²) in [6, 6.07) is 2.72. The van der Waals surface area contributed by atoms with Crippen molar-refractivity contribution in [2.45, 2.75) is 45.4 Å². The highest BCUT2D eigenvalue weighted by atomic mass is 35.5. The van der Waals surface area contributed by atoms with Gasteiger partial charge < -0.3 is 23.8 Å². The topological polar surface area (TPSA) is 123 Å². The number of fused-ring (bicyclic) bond motifs is 1. The second-order valence-corrected chi connectivity index (χ2v) is 7.01. The maximum atomic E-state index is 13.5. The van der Waals surface area contributed by atoms with Crippen LogP contribution in [0.15, 0.2) is 17.7 Å². The molecule has 0 fully saturated rings. The van der Waals surface area contributed by atoms with Gasteiger partial charge in [-0.25, -0.2) is 9.59 Å². The fourth-order valence-corrected chi connectivity index (χ4v) is 2.91. The molecule has 1 heterocycles. The fraction of sp³-hybridized carbons (Fsp3) is 0.444. The summed E-state index contributed by atoms with van der Waals surface area (Å²) in [6.45, 7) is 3.22. The second kappa shape index (κ2) is 9.94. The number of carbonyl (C=O) groups is 2. The van der Waals surface area contributed by atoms with Crippen LogP contribution in [0.2, 0.25) is 5.02 Å². The van der Waals surface area contributed by atoms with Crippen LogP contribution in [0.3, 0.4) is 0 Å². The van der Waals surface area contributed by atoms with E-state index in [9.17, 15) is 32.9 Å². The van der Waals surface area contributed by atoms with Crippen molar-refractivity contribution in [3.63, 3.8) is 0 Å². The van der Waals surface area contributed by atoms with Crippen LogP contribution in [0.1, 0.15) is 25.0 Å². The molecule has 3 atom stereocenters. The van der Waals surface area contributed by atoms with E-state index >= 15 is 0 Å². The molecule has 10 nitrogen and oxygen atoms in total. The number of esters is 1. The first-order chi connectivity index (χ1) is 14.8. The molecule has 2 rings (SSSR count). The van der Waals surface area contributed by atoms with Gasteiger partial charge in [0.1, 0.15) is 18.5 Å². The maximum Gasteiger partial charge on any atom is 0.511 e. The molecular formula is C18H17ClF3NO9. The summed E-state index contributed by atoms with van der Waals surface area (Å²) in [5.41, 5.74) is -0.418. The predicted octanol–water partition coefficient (Wildman–Crippen LogP) is 3.99. The van der Waals surface area contributed by atoms with E-state index in [1.54, 1.807) is 0 Å². The van der Waals surface area contributed by atoms with Crippen molar-refractivity contribution in [2.24, 2.45) is 0 Å². The monoisotopic (exact) mass is 483 g/mol. The Morgan fingerprint density at radius 3 is 2.53 bits per heavy atom. The Balaban J connectivity index is 2.09. The minimum absolute atomic E-state index is 0.0905. The van der Waals surface area contributed by atoms with Gasteiger partial charge in [0.15, 0.2) is 0 Å². The number of halogens is 4. The van der Waals surface area contributed by atoms with E-state index in [4.69, 9.17) is 21.1 Å². The lowest BCUT2D eigenvalue weighted by atomic mass is 9.99. The Morgan fingerprint density at radius 1 is 1.28 bits per heavy atom. The molecule has 1 aromatic rings. The van der Waals surface area contributed by atoms with E-state index in [0.29, 0.717) is 5.56 Å². The minimum Gasteiger partial charge on any atom is -0.475 e. The molecule has 0 N–H and O–H groups in total. The number of alkyl halides is 3. The van der Waals surface area contributed by atoms with Gasteiger partial charge in [0, 0.05) is 17.5 Å². The number of hydrogen-bond acceptors (Lipinski definition) is 9. The van der Waals surface area contributed by atoms with Crippen molar-refractivity contribution >= 4 is 29.8 Å². The Kier molecular flexibility index (Phi) is 7.78. The Labute approximate surface area is 183 Å². The summed E-state index contributed by atoms with van der Waals surface area (Å²) >= 11 is 5.92. The van der Waals surface area contributed by atoms with Gasteiger partial charge in [0.25, 0.3) is 5.09 Å². The van der Waals surface area contributed by atoms with Gasteiger partial charge in [-0.2, -0.15) is 13.2 Å². The van der Waals surface area contributed by atoms with Gasteiger partial charge in [-0.1, -0.05) is 11.6 Å². The van der Waals surface area contributed by atoms with Crippen LogP contribution in [-0.4, -0.2) is 48.5 Å². The van der Waals surface area contributed by atoms with Crippen LogP contribution in [0.25, 0.3) is 6.08 Å². The molecule has 2 unspecified atom stereocenters. The molecule has 0 bridgehead atoms. The highest BCUT2D eigenvalue weighted by Gasteiger charge is 2.49. The Hall–Kier alpha value is -3.22. The highest BCUT2D eigenvalue weighted by molar-refractivity contribution is 6.30. The number of benzene rings is 1. The predicted molar refractivity (Wildman–Crippen MR) is 100 cm³/mol. The van der Waals surface area contributed by atoms with Crippen molar-refractivity contribution in [1.29, 1.82) is 0 Å². The van der Waals surface area contributed by atoms with Crippen LogP contribution in [0, 0.1) is 17.0 Å². The van der Waals surface area contributed by atoms with Crippen molar-refractivity contribution in [1.82, 2.24) is 0 Å². The summed E-state index contributed by atoms with van der Waals surface area (Å²) in [5.74, 6) is -1.55. The molecule has 0 spiro atoms. The SMILES string of the molecule is Cc1cc(Cl)cc2c1O[C@H](C(F)(F)F)C(C(=O)OC(C)OC(=O)OCC(C)O[N+](=O)[O-])=C2. The van der Waals surface area contributed by atoms with E-state index in [1.165, 1.54) is 26.0 Å². The fourth-order valence-electron chi connectivity index (χ4n) is 2.63.